The van der Waals surface area contributed by atoms with E-state index in [9.17, 15) is 0 Å². The van der Waals surface area contributed by atoms with Crippen molar-refractivity contribution < 1.29 is 8.85 Å². The highest BCUT2D eigenvalue weighted by molar-refractivity contribution is 6.90. The zero-order valence-corrected chi connectivity index (χ0v) is 26.3. The fourth-order valence-corrected chi connectivity index (χ4v) is 17.8. The third-order valence-corrected chi connectivity index (χ3v) is 26.3. The molecule has 0 aliphatic rings. The van der Waals surface area contributed by atoms with Crippen molar-refractivity contribution in [2.24, 2.45) is 0 Å². The monoisotopic (exact) mass is 462 g/mol. The molecule has 0 amide bonds. The summed E-state index contributed by atoms with van der Waals surface area (Å²) in [6.45, 7) is 36.6. The summed E-state index contributed by atoms with van der Waals surface area (Å²) in [7, 11) is -5.91. The minimum absolute atomic E-state index is 0.144. The van der Waals surface area contributed by atoms with Gasteiger partial charge >= 0.3 is 0 Å². The van der Waals surface area contributed by atoms with Gasteiger partial charge in [0.15, 0.2) is 17.4 Å². The minimum atomic E-state index is -1.95. The Labute approximate surface area is 183 Å². The lowest BCUT2D eigenvalue weighted by molar-refractivity contribution is 0.115. The second-order valence-electron chi connectivity index (χ2n) is 12.1. The Hall–Kier alpha value is 0.788. The molecule has 0 bridgehead atoms. The van der Waals surface area contributed by atoms with Crippen molar-refractivity contribution in [2.75, 3.05) is 0 Å². The van der Waals surface area contributed by atoms with Gasteiger partial charge in [0.05, 0.1) is 8.07 Å². The smallest absolute Gasteiger partial charge is 0.194 e. The second-order valence-corrected chi connectivity index (χ2v) is 31.1. The van der Waals surface area contributed by atoms with Gasteiger partial charge in [0, 0.05) is 24.9 Å². The first kappa shape index (κ1) is 28.8. The third-order valence-electron chi connectivity index (χ3n) is 8.60. The van der Waals surface area contributed by atoms with Crippen LogP contribution < -0.4 is 0 Å². The first-order valence-electron chi connectivity index (χ1n) is 11.7. The molecule has 0 N–H and O–H groups in total. The predicted molar refractivity (Wildman–Crippen MR) is 140 cm³/mol. The lowest BCUT2D eigenvalue weighted by Crippen LogP contribution is -2.57. The molecule has 0 heterocycles. The summed E-state index contributed by atoms with van der Waals surface area (Å²) in [6, 6.07) is 0. The Bertz CT molecular complexity index is 484. The molecule has 0 aliphatic carbocycles. The highest BCUT2D eigenvalue weighted by Gasteiger charge is 2.52. The summed E-state index contributed by atoms with van der Waals surface area (Å²) in [5, 5.41) is 0.144. The Kier molecular flexibility index (Phi) is 10.2. The van der Waals surface area contributed by atoms with Crippen molar-refractivity contribution >= 4 is 33.5 Å². The van der Waals surface area contributed by atoms with Gasteiger partial charge in [-0.2, -0.15) is 0 Å². The molecule has 6 heteroatoms. The van der Waals surface area contributed by atoms with E-state index in [1.807, 2.05) is 0 Å². The van der Waals surface area contributed by atoms with Crippen molar-refractivity contribution in [1.82, 2.24) is 0 Å². The van der Waals surface area contributed by atoms with Crippen LogP contribution in [0.3, 0.4) is 0 Å². The first-order valence-corrected chi connectivity index (χ1v) is 23.9. The molecule has 0 aromatic rings. The zero-order chi connectivity index (χ0) is 22.8. The van der Waals surface area contributed by atoms with Crippen LogP contribution in [-0.2, 0) is 8.85 Å². The van der Waals surface area contributed by atoms with Crippen molar-refractivity contribution in [3.05, 3.63) is 0 Å². The quantitative estimate of drug-likeness (QED) is 0.275. The highest BCUT2D eigenvalue weighted by atomic mass is 28.4. The van der Waals surface area contributed by atoms with Gasteiger partial charge in [0.1, 0.15) is 0 Å². The summed E-state index contributed by atoms with van der Waals surface area (Å²) in [5.41, 5.74) is 0.398. The fourth-order valence-electron chi connectivity index (χ4n) is 4.32. The van der Waals surface area contributed by atoms with Crippen LogP contribution >= 0.6 is 0 Å². The van der Waals surface area contributed by atoms with Gasteiger partial charge in [0.25, 0.3) is 0 Å². The molecule has 0 fully saturated rings. The molecular weight excluding hydrogens is 409 g/mol. The van der Waals surface area contributed by atoms with E-state index in [2.05, 4.69) is 100 Å². The standard InChI is InChI=1S/C22H54O2Si4/c1-16-20(23-25(7)22(6,18-3)27(11,12)13)21(5,17-2)28(14,15)24-19(4)26(8,9)10/h19-20,25H,16-18H2,1-15H3/t19?,20?,21-,22?,25?/m1/s1. The molecule has 0 rings (SSSR count). The van der Waals surface area contributed by atoms with Crippen molar-refractivity contribution in [3.63, 3.8) is 0 Å². The van der Waals surface area contributed by atoms with Gasteiger partial charge in [0.2, 0.25) is 0 Å². The Balaban J connectivity index is 5.83. The van der Waals surface area contributed by atoms with Gasteiger partial charge in [-0.25, -0.2) is 0 Å². The Morgan fingerprint density at radius 1 is 0.857 bits per heavy atom. The van der Waals surface area contributed by atoms with E-state index < -0.39 is 33.5 Å². The van der Waals surface area contributed by atoms with E-state index in [1.165, 1.54) is 6.42 Å². The van der Waals surface area contributed by atoms with E-state index in [0.717, 1.165) is 12.8 Å². The summed E-state index contributed by atoms with van der Waals surface area (Å²) in [5.74, 6) is 0. The topological polar surface area (TPSA) is 18.5 Å². The maximum atomic E-state index is 7.13. The van der Waals surface area contributed by atoms with Gasteiger partial charge in [-0.1, -0.05) is 80.3 Å². The number of hydrogen-bond acceptors (Lipinski definition) is 2. The van der Waals surface area contributed by atoms with Gasteiger partial charge in [-0.15, -0.1) is 0 Å². The van der Waals surface area contributed by atoms with Crippen molar-refractivity contribution in [3.8, 4) is 0 Å². The van der Waals surface area contributed by atoms with E-state index in [-0.39, 0.29) is 5.04 Å². The predicted octanol–water partition coefficient (Wildman–Crippen LogP) is 7.84. The molecule has 0 saturated carbocycles. The lowest BCUT2D eigenvalue weighted by atomic mass is 9.98. The van der Waals surface area contributed by atoms with Crippen LogP contribution in [0.15, 0.2) is 0 Å². The second kappa shape index (κ2) is 9.94. The SMILES string of the molecule is CCC(O[SiH](C)C(C)(CC)[Si](C)(C)C)[C@@](C)(CC)[Si](C)(C)OC(C)[Si](C)(C)C. The van der Waals surface area contributed by atoms with Crippen LogP contribution in [-0.4, -0.2) is 45.3 Å². The van der Waals surface area contributed by atoms with Gasteiger partial charge in [-0.3, -0.25) is 0 Å². The maximum absolute atomic E-state index is 7.13. The molecule has 0 aromatic carbocycles. The van der Waals surface area contributed by atoms with Crippen LogP contribution in [0.25, 0.3) is 0 Å². The summed E-state index contributed by atoms with van der Waals surface area (Å²) >= 11 is 0. The summed E-state index contributed by atoms with van der Waals surface area (Å²) in [6.07, 6.45) is 3.80. The lowest BCUT2D eigenvalue weighted by Gasteiger charge is -2.52. The Morgan fingerprint density at radius 3 is 1.61 bits per heavy atom. The number of hydrogen-bond donors (Lipinski definition) is 0. The molecular formula is C22H54O2Si4. The van der Waals surface area contributed by atoms with Crippen LogP contribution in [0.5, 0.6) is 0 Å². The van der Waals surface area contributed by atoms with Crippen molar-refractivity contribution in [1.29, 1.82) is 0 Å². The summed E-state index contributed by atoms with van der Waals surface area (Å²) < 4.78 is 14.5. The van der Waals surface area contributed by atoms with Crippen LogP contribution in [0.4, 0.5) is 0 Å². The molecule has 170 valence electrons. The van der Waals surface area contributed by atoms with Crippen LogP contribution in [0.1, 0.15) is 60.8 Å². The Morgan fingerprint density at radius 2 is 1.32 bits per heavy atom. The minimum Gasteiger partial charge on any atom is -0.417 e. The fraction of sp³-hybridized carbons (Fsp3) is 1.00. The molecule has 2 nitrogen and oxygen atoms in total. The largest absolute Gasteiger partial charge is 0.417 e. The molecule has 0 aliphatic heterocycles. The van der Waals surface area contributed by atoms with Gasteiger partial charge in [-0.05, 0) is 44.1 Å². The van der Waals surface area contributed by atoms with E-state index in [0.29, 0.717) is 16.5 Å². The van der Waals surface area contributed by atoms with E-state index in [1.54, 1.807) is 0 Å². The molecule has 28 heavy (non-hydrogen) atoms. The average molecular weight is 463 g/mol. The first-order chi connectivity index (χ1) is 12.3. The summed E-state index contributed by atoms with van der Waals surface area (Å²) in [4.78, 5) is 0. The highest BCUT2D eigenvalue weighted by Crippen LogP contribution is 2.51. The number of rotatable bonds is 12. The third kappa shape index (κ3) is 6.16. The average Bonchev–Trinajstić information content (AvgIpc) is 2.55. The molecule has 4 unspecified atom stereocenters. The maximum Gasteiger partial charge on any atom is 0.194 e. The van der Waals surface area contributed by atoms with Gasteiger partial charge < -0.3 is 8.85 Å². The van der Waals surface area contributed by atoms with Crippen molar-refractivity contribution in [2.45, 2.75) is 141 Å². The van der Waals surface area contributed by atoms with Crippen LogP contribution in [0.2, 0.25) is 68.6 Å². The molecule has 5 atom stereocenters. The molecule has 0 aromatic heterocycles. The van der Waals surface area contributed by atoms with Crippen LogP contribution in [0, 0.1) is 0 Å². The zero-order valence-electron chi connectivity index (χ0n) is 22.2. The van der Waals surface area contributed by atoms with E-state index in [4.69, 9.17) is 8.85 Å². The molecule has 0 saturated heterocycles. The normalized spacial score (nSPS) is 21.5. The molecule has 0 radical (unpaired) electrons. The van der Waals surface area contributed by atoms with E-state index >= 15 is 0 Å². The molecule has 0 spiro atoms.